The minimum Gasteiger partial charge on any atom is -0.378 e. The molecule has 0 saturated heterocycles. The predicted molar refractivity (Wildman–Crippen MR) is 106 cm³/mol. The van der Waals surface area contributed by atoms with Crippen LogP contribution in [-0.2, 0) is 12.3 Å². The van der Waals surface area contributed by atoms with Crippen molar-refractivity contribution < 1.29 is 0 Å². The summed E-state index contributed by atoms with van der Waals surface area (Å²) in [5.74, 6) is 1.94. The number of rotatable bonds is 7. The van der Waals surface area contributed by atoms with Gasteiger partial charge < -0.3 is 5.32 Å². The molecule has 0 spiro atoms. The van der Waals surface area contributed by atoms with Crippen molar-refractivity contribution in [3.63, 3.8) is 0 Å². The number of nitrogens with zero attached hydrogens (tertiary/aromatic N) is 3. The number of aromatic nitrogens is 3. The molecule has 1 N–H and O–H groups in total. The molecule has 0 aliphatic heterocycles. The topological polar surface area (TPSA) is 42.7 Å². The summed E-state index contributed by atoms with van der Waals surface area (Å²) < 4.78 is 1.88. The molecule has 4 nitrogen and oxygen atoms in total. The third kappa shape index (κ3) is 4.42. The van der Waals surface area contributed by atoms with Crippen LogP contribution in [0.1, 0.15) is 30.8 Å². The fourth-order valence-corrected chi connectivity index (χ4v) is 3.46. The highest BCUT2D eigenvalue weighted by atomic mass is 32.2. The lowest BCUT2D eigenvalue weighted by molar-refractivity contribution is 0.805. The van der Waals surface area contributed by atoms with E-state index < -0.39 is 0 Å². The molecule has 0 amide bonds. The van der Waals surface area contributed by atoms with Crippen LogP contribution in [0.2, 0.25) is 0 Å². The van der Waals surface area contributed by atoms with Gasteiger partial charge in [0.25, 0.3) is 0 Å². The lowest BCUT2D eigenvalue weighted by Crippen LogP contribution is -2.09. The number of anilines is 1. The fourth-order valence-electron chi connectivity index (χ4n) is 2.63. The number of nitrogens with one attached hydrogen (secondary N) is 1. The van der Waals surface area contributed by atoms with E-state index in [0.29, 0.717) is 11.8 Å². The Labute approximate surface area is 153 Å². The summed E-state index contributed by atoms with van der Waals surface area (Å²) in [6.07, 6.45) is 1.60. The van der Waals surface area contributed by atoms with E-state index in [1.54, 1.807) is 6.33 Å². The first-order chi connectivity index (χ1) is 12.1. The zero-order valence-electron chi connectivity index (χ0n) is 14.9. The summed E-state index contributed by atoms with van der Waals surface area (Å²) in [6, 6.07) is 16.5. The Kier molecular flexibility index (Phi) is 5.76. The van der Waals surface area contributed by atoms with E-state index in [1.807, 2.05) is 46.8 Å². The van der Waals surface area contributed by atoms with Crippen LogP contribution < -0.4 is 5.32 Å². The summed E-state index contributed by atoms with van der Waals surface area (Å²) in [6.45, 7) is 7.29. The van der Waals surface area contributed by atoms with Crippen LogP contribution in [0, 0.1) is 6.92 Å². The van der Waals surface area contributed by atoms with Gasteiger partial charge in [0.05, 0.1) is 12.2 Å². The Bertz CT molecular complexity index is 812. The third-order valence-corrected chi connectivity index (χ3v) is 5.22. The molecule has 2 aromatic carbocycles. The number of hydrogen-bond donors (Lipinski definition) is 1. The van der Waals surface area contributed by atoms with E-state index in [4.69, 9.17) is 0 Å². The van der Waals surface area contributed by atoms with Gasteiger partial charge in [0.1, 0.15) is 6.33 Å². The first-order valence-corrected chi connectivity index (χ1v) is 9.58. The number of thioether (sulfide) groups is 1. The average molecular weight is 353 g/mol. The average Bonchev–Trinajstić information content (AvgIpc) is 3.09. The lowest BCUT2D eigenvalue weighted by Gasteiger charge is -2.14. The number of para-hydroxylation sites is 1. The molecular weight excluding hydrogens is 328 g/mol. The highest BCUT2D eigenvalue weighted by Crippen LogP contribution is 2.25. The van der Waals surface area contributed by atoms with Gasteiger partial charge >= 0.3 is 0 Å². The SMILES string of the molecule is Cc1c(CSC(C)C)cccc1NCc1ncnn1-c1ccccc1. The second-order valence-electron chi connectivity index (χ2n) is 6.23. The van der Waals surface area contributed by atoms with E-state index in [0.717, 1.165) is 23.0 Å². The van der Waals surface area contributed by atoms with Crippen LogP contribution in [0.25, 0.3) is 5.69 Å². The molecule has 25 heavy (non-hydrogen) atoms. The van der Waals surface area contributed by atoms with Crippen molar-refractivity contribution in [3.05, 3.63) is 71.8 Å². The van der Waals surface area contributed by atoms with Crippen molar-refractivity contribution >= 4 is 17.4 Å². The third-order valence-electron chi connectivity index (χ3n) is 4.07. The highest BCUT2D eigenvalue weighted by Gasteiger charge is 2.09. The van der Waals surface area contributed by atoms with E-state index in [9.17, 15) is 0 Å². The Morgan fingerprint density at radius 3 is 2.64 bits per heavy atom. The van der Waals surface area contributed by atoms with Gasteiger partial charge in [-0.2, -0.15) is 16.9 Å². The molecule has 0 radical (unpaired) electrons. The van der Waals surface area contributed by atoms with E-state index in [1.165, 1.54) is 11.1 Å². The maximum Gasteiger partial charge on any atom is 0.151 e. The van der Waals surface area contributed by atoms with E-state index >= 15 is 0 Å². The molecule has 0 unspecified atom stereocenters. The van der Waals surface area contributed by atoms with Crippen molar-refractivity contribution in [2.45, 2.75) is 38.3 Å². The minimum absolute atomic E-state index is 0.635. The van der Waals surface area contributed by atoms with Gasteiger partial charge in [-0.3, -0.25) is 0 Å². The molecule has 1 aromatic heterocycles. The van der Waals surface area contributed by atoms with Gasteiger partial charge in [-0.05, 0) is 41.5 Å². The lowest BCUT2D eigenvalue weighted by atomic mass is 10.1. The molecule has 0 atom stereocenters. The fraction of sp³-hybridized carbons (Fsp3) is 0.300. The van der Waals surface area contributed by atoms with Crippen LogP contribution >= 0.6 is 11.8 Å². The van der Waals surface area contributed by atoms with Crippen LogP contribution in [0.5, 0.6) is 0 Å². The standard InChI is InChI=1S/C20H24N4S/c1-15(2)25-13-17-8-7-11-19(16(17)3)21-12-20-22-14-23-24(20)18-9-5-4-6-10-18/h4-11,14-15,21H,12-13H2,1-3H3. The highest BCUT2D eigenvalue weighted by molar-refractivity contribution is 7.99. The van der Waals surface area contributed by atoms with Crippen LogP contribution in [0.3, 0.4) is 0 Å². The normalized spacial score (nSPS) is 11.0. The Hall–Kier alpha value is -2.27. The van der Waals surface area contributed by atoms with Crippen molar-refractivity contribution in [1.82, 2.24) is 14.8 Å². The number of hydrogen-bond acceptors (Lipinski definition) is 4. The molecule has 1 heterocycles. The van der Waals surface area contributed by atoms with Gasteiger partial charge in [-0.1, -0.05) is 44.2 Å². The molecule has 5 heteroatoms. The summed E-state index contributed by atoms with van der Waals surface area (Å²) >= 11 is 1.97. The summed E-state index contributed by atoms with van der Waals surface area (Å²) in [5, 5.41) is 8.51. The zero-order valence-corrected chi connectivity index (χ0v) is 15.8. The monoisotopic (exact) mass is 352 g/mol. The zero-order chi connectivity index (χ0) is 17.6. The molecule has 0 saturated carbocycles. The van der Waals surface area contributed by atoms with E-state index in [-0.39, 0.29) is 0 Å². The smallest absolute Gasteiger partial charge is 0.151 e. The second-order valence-corrected chi connectivity index (χ2v) is 7.79. The quantitative estimate of drug-likeness (QED) is 0.661. The van der Waals surface area contributed by atoms with Crippen molar-refractivity contribution in [1.29, 1.82) is 0 Å². The second kappa shape index (κ2) is 8.21. The van der Waals surface area contributed by atoms with Gasteiger partial charge in [-0.25, -0.2) is 9.67 Å². The van der Waals surface area contributed by atoms with Crippen LogP contribution in [0.4, 0.5) is 5.69 Å². The van der Waals surface area contributed by atoms with Crippen molar-refractivity contribution in [3.8, 4) is 5.69 Å². The summed E-state index contributed by atoms with van der Waals surface area (Å²) in [7, 11) is 0. The van der Waals surface area contributed by atoms with Gasteiger partial charge in [0, 0.05) is 11.4 Å². The Morgan fingerprint density at radius 1 is 1.08 bits per heavy atom. The predicted octanol–water partition coefficient (Wildman–Crippen LogP) is 4.83. The molecule has 3 aromatic rings. The molecule has 130 valence electrons. The van der Waals surface area contributed by atoms with Gasteiger partial charge in [0.15, 0.2) is 5.82 Å². The van der Waals surface area contributed by atoms with Gasteiger partial charge in [-0.15, -0.1) is 0 Å². The molecule has 0 aliphatic rings. The maximum atomic E-state index is 4.40. The number of benzene rings is 2. The van der Waals surface area contributed by atoms with Crippen LogP contribution in [0.15, 0.2) is 54.9 Å². The molecule has 0 aliphatic carbocycles. The Balaban J connectivity index is 1.73. The molecule has 0 fully saturated rings. The minimum atomic E-state index is 0.635. The van der Waals surface area contributed by atoms with E-state index in [2.05, 4.69) is 54.4 Å². The van der Waals surface area contributed by atoms with Gasteiger partial charge in [0.2, 0.25) is 0 Å². The first kappa shape index (κ1) is 17.5. The molecular formula is C20H24N4S. The summed E-state index contributed by atoms with van der Waals surface area (Å²) in [5.41, 5.74) is 4.87. The van der Waals surface area contributed by atoms with Crippen molar-refractivity contribution in [2.24, 2.45) is 0 Å². The van der Waals surface area contributed by atoms with Crippen molar-refractivity contribution in [2.75, 3.05) is 5.32 Å². The summed E-state index contributed by atoms with van der Waals surface area (Å²) in [4.78, 5) is 4.40. The van der Waals surface area contributed by atoms with Crippen LogP contribution in [-0.4, -0.2) is 20.0 Å². The molecule has 3 rings (SSSR count). The first-order valence-electron chi connectivity index (χ1n) is 8.53. The Morgan fingerprint density at radius 2 is 1.88 bits per heavy atom. The largest absolute Gasteiger partial charge is 0.378 e. The molecule has 0 bridgehead atoms. The maximum absolute atomic E-state index is 4.40.